The predicted molar refractivity (Wildman–Crippen MR) is 87.3 cm³/mol. The van der Waals surface area contributed by atoms with Crippen molar-refractivity contribution in [3.8, 4) is 0 Å². The molecular formula is C16H14BrNOS. The summed E-state index contributed by atoms with van der Waals surface area (Å²) in [4.78, 5) is 13.6. The predicted octanol–water partition coefficient (Wildman–Crippen LogP) is 4.41. The molecule has 0 saturated carbocycles. The van der Waals surface area contributed by atoms with E-state index in [9.17, 15) is 4.79 Å². The van der Waals surface area contributed by atoms with Crippen LogP contribution in [0, 0.1) is 6.92 Å². The molecule has 1 amide bonds. The molecule has 0 aliphatic carbocycles. The molecule has 102 valence electrons. The fourth-order valence-electron chi connectivity index (χ4n) is 2.28. The molecule has 2 nitrogen and oxygen atoms in total. The highest BCUT2D eigenvalue weighted by atomic mass is 79.9. The minimum absolute atomic E-state index is 0.0363. The molecule has 1 heterocycles. The lowest BCUT2D eigenvalue weighted by Crippen LogP contribution is -2.25. The molecule has 1 aliphatic rings. The van der Waals surface area contributed by atoms with E-state index in [1.165, 1.54) is 10.5 Å². The number of hydrogen-bond donors (Lipinski definition) is 1. The number of carbonyl (C=O) groups excluding carboxylic acids is 1. The average molecular weight is 348 g/mol. The monoisotopic (exact) mass is 347 g/mol. The van der Waals surface area contributed by atoms with Gasteiger partial charge in [-0.3, -0.25) is 4.79 Å². The van der Waals surface area contributed by atoms with Gasteiger partial charge in [0.2, 0.25) is 5.91 Å². The van der Waals surface area contributed by atoms with Crippen molar-refractivity contribution in [1.82, 2.24) is 0 Å². The molecule has 1 atom stereocenters. The van der Waals surface area contributed by atoms with Crippen molar-refractivity contribution in [3.05, 3.63) is 58.1 Å². The quantitative estimate of drug-likeness (QED) is 0.871. The third-order valence-electron chi connectivity index (χ3n) is 3.47. The van der Waals surface area contributed by atoms with Crippen LogP contribution in [0.3, 0.4) is 0 Å². The van der Waals surface area contributed by atoms with E-state index in [2.05, 4.69) is 33.4 Å². The van der Waals surface area contributed by atoms with Crippen LogP contribution in [0.5, 0.6) is 0 Å². The molecule has 1 N–H and O–H groups in total. The highest BCUT2D eigenvalue weighted by Crippen LogP contribution is 2.37. The largest absolute Gasteiger partial charge is 0.325 e. The summed E-state index contributed by atoms with van der Waals surface area (Å²) in [5, 5.41) is 3.00. The highest BCUT2D eigenvalue weighted by Gasteiger charge is 2.28. The maximum absolute atomic E-state index is 12.4. The number of amides is 1. The maximum Gasteiger partial charge on any atom is 0.238 e. The van der Waals surface area contributed by atoms with Crippen LogP contribution in [0.4, 0.5) is 5.69 Å². The van der Waals surface area contributed by atoms with E-state index in [4.69, 9.17) is 0 Å². The topological polar surface area (TPSA) is 29.1 Å². The van der Waals surface area contributed by atoms with Crippen LogP contribution in [0.15, 0.2) is 51.8 Å². The molecule has 0 spiro atoms. The van der Waals surface area contributed by atoms with E-state index in [-0.39, 0.29) is 11.2 Å². The van der Waals surface area contributed by atoms with Crippen molar-refractivity contribution >= 4 is 39.3 Å². The molecule has 0 radical (unpaired) electrons. The van der Waals surface area contributed by atoms with Crippen LogP contribution in [0.1, 0.15) is 11.1 Å². The normalized spacial score (nSPS) is 16.8. The van der Waals surface area contributed by atoms with Gasteiger partial charge in [0.15, 0.2) is 0 Å². The van der Waals surface area contributed by atoms with Gasteiger partial charge in [0.1, 0.15) is 0 Å². The van der Waals surface area contributed by atoms with Gasteiger partial charge in [0, 0.05) is 15.1 Å². The summed E-state index contributed by atoms with van der Waals surface area (Å²) < 4.78 is 1.01. The Labute approximate surface area is 131 Å². The molecule has 3 rings (SSSR count). The molecular weight excluding hydrogens is 334 g/mol. The van der Waals surface area contributed by atoms with E-state index < -0.39 is 0 Å². The van der Waals surface area contributed by atoms with E-state index in [0.717, 1.165) is 22.1 Å². The smallest absolute Gasteiger partial charge is 0.238 e. The van der Waals surface area contributed by atoms with Crippen molar-refractivity contribution in [2.45, 2.75) is 23.5 Å². The minimum Gasteiger partial charge on any atom is -0.325 e. The number of halogens is 1. The Morgan fingerprint density at radius 1 is 1.25 bits per heavy atom. The van der Waals surface area contributed by atoms with Gasteiger partial charge >= 0.3 is 0 Å². The second kappa shape index (κ2) is 5.62. The number of carbonyl (C=O) groups is 1. The standard InChI is InChI=1S/C16H14BrNOS/c1-10-12(17)6-4-7-13(10)18-16(19)15-9-11-5-2-3-8-14(11)20-15/h2-8,15H,9H2,1H3,(H,18,19). The van der Waals surface area contributed by atoms with E-state index in [0.29, 0.717) is 0 Å². The number of rotatable bonds is 2. The van der Waals surface area contributed by atoms with Crippen LogP contribution in [-0.2, 0) is 11.2 Å². The molecule has 2 aromatic rings. The number of benzene rings is 2. The lowest BCUT2D eigenvalue weighted by Gasteiger charge is -2.12. The Bertz CT molecular complexity index is 646. The van der Waals surface area contributed by atoms with Gasteiger partial charge in [-0.2, -0.15) is 0 Å². The van der Waals surface area contributed by atoms with Crippen LogP contribution in [-0.4, -0.2) is 11.2 Å². The third-order valence-corrected chi connectivity index (χ3v) is 5.64. The maximum atomic E-state index is 12.4. The SMILES string of the molecule is Cc1c(Br)cccc1NC(=O)C1Cc2ccccc2S1. The van der Waals surface area contributed by atoms with E-state index in [1.54, 1.807) is 11.8 Å². The summed E-state index contributed by atoms with van der Waals surface area (Å²) in [6.07, 6.45) is 0.805. The fourth-order valence-corrected chi connectivity index (χ4v) is 3.85. The summed E-state index contributed by atoms with van der Waals surface area (Å²) >= 11 is 5.14. The summed E-state index contributed by atoms with van der Waals surface area (Å²) in [6, 6.07) is 14.1. The van der Waals surface area contributed by atoms with E-state index in [1.807, 2.05) is 37.3 Å². The Hall–Kier alpha value is -1.26. The van der Waals surface area contributed by atoms with Crippen molar-refractivity contribution < 1.29 is 4.79 Å². The zero-order valence-electron chi connectivity index (χ0n) is 11.0. The average Bonchev–Trinajstić information content (AvgIpc) is 2.88. The second-order valence-corrected chi connectivity index (χ2v) is 6.92. The zero-order valence-corrected chi connectivity index (χ0v) is 13.4. The van der Waals surface area contributed by atoms with Crippen LogP contribution >= 0.6 is 27.7 Å². The molecule has 2 aromatic carbocycles. The van der Waals surface area contributed by atoms with Gasteiger partial charge in [-0.1, -0.05) is 40.2 Å². The summed E-state index contributed by atoms with van der Waals surface area (Å²) in [7, 11) is 0. The van der Waals surface area contributed by atoms with Gasteiger partial charge in [-0.25, -0.2) is 0 Å². The van der Waals surface area contributed by atoms with Crippen LogP contribution in [0.2, 0.25) is 0 Å². The Kier molecular flexibility index (Phi) is 3.85. The van der Waals surface area contributed by atoms with Gasteiger partial charge in [0.05, 0.1) is 5.25 Å². The molecule has 1 unspecified atom stereocenters. The number of anilines is 1. The van der Waals surface area contributed by atoms with Crippen molar-refractivity contribution in [3.63, 3.8) is 0 Å². The molecule has 0 fully saturated rings. The third kappa shape index (κ3) is 2.63. The van der Waals surface area contributed by atoms with Crippen molar-refractivity contribution in [1.29, 1.82) is 0 Å². The first-order valence-electron chi connectivity index (χ1n) is 6.45. The lowest BCUT2D eigenvalue weighted by molar-refractivity contribution is -0.115. The summed E-state index contributed by atoms with van der Waals surface area (Å²) in [5.74, 6) is 0.0763. The van der Waals surface area contributed by atoms with Crippen LogP contribution in [0.25, 0.3) is 0 Å². The van der Waals surface area contributed by atoms with Gasteiger partial charge in [0.25, 0.3) is 0 Å². The van der Waals surface area contributed by atoms with Crippen LogP contribution < -0.4 is 5.32 Å². The number of thioether (sulfide) groups is 1. The number of hydrogen-bond acceptors (Lipinski definition) is 2. The minimum atomic E-state index is -0.0363. The molecule has 1 aliphatic heterocycles. The Morgan fingerprint density at radius 2 is 2.05 bits per heavy atom. The summed E-state index contributed by atoms with van der Waals surface area (Å²) in [6.45, 7) is 2.00. The Morgan fingerprint density at radius 3 is 2.85 bits per heavy atom. The second-order valence-electron chi connectivity index (χ2n) is 4.82. The molecule has 0 bridgehead atoms. The van der Waals surface area contributed by atoms with Gasteiger partial charge in [-0.05, 0) is 42.7 Å². The summed E-state index contributed by atoms with van der Waals surface area (Å²) in [5.41, 5.74) is 3.20. The number of nitrogens with one attached hydrogen (secondary N) is 1. The first kappa shape index (κ1) is 13.7. The molecule has 0 saturated heterocycles. The molecule has 4 heteroatoms. The highest BCUT2D eigenvalue weighted by molar-refractivity contribution is 9.10. The molecule has 0 aromatic heterocycles. The lowest BCUT2D eigenvalue weighted by atomic mass is 10.1. The van der Waals surface area contributed by atoms with E-state index >= 15 is 0 Å². The molecule has 20 heavy (non-hydrogen) atoms. The first-order chi connectivity index (χ1) is 9.65. The first-order valence-corrected chi connectivity index (χ1v) is 8.13. The fraction of sp³-hybridized carbons (Fsp3) is 0.188. The van der Waals surface area contributed by atoms with Crippen molar-refractivity contribution in [2.24, 2.45) is 0 Å². The van der Waals surface area contributed by atoms with Gasteiger partial charge < -0.3 is 5.32 Å². The Balaban J connectivity index is 1.74. The number of fused-ring (bicyclic) bond motifs is 1. The van der Waals surface area contributed by atoms with Crippen molar-refractivity contribution in [2.75, 3.05) is 5.32 Å². The zero-order chi connectivity index (χ0) is 14.1. The van der Waals surface area contributed by atoms with Gasteiger partial charge in [-0.15, -0.1) is 11.8 Å².